The molecule has 0 radical (unpaired) electrons. The molecule has 0 unspecified atom stereocenters. The van der Waals surface area contributed by atoms with E-state index in [1.54, 1.807) is 6.08 Å². The maximum Gasteiger partial charge on any atom is 0.248 e. The van der Waals surface area contributed by atoms with Crippen LogP contribution in [0.4, 0.5) is 11.4 Å². The molecule has 4 heteroatoms. The van der Waals surface area contributed by atoms with E-state index >= 15 is 0 Å². The van der Waals surface area contributed by atoms with Crippen molar-refractivity contribution in [3.8, 4) is 0 Å². The fourth-order valence-corrected chi connectivity index (χ4v) is 2.60. The molecule has 1 aliphatic rings. The van der Waals surface area contributed by atoms with E-state index in [2.05, 4.69) is 27.7 Å². The van der Waals surface area contributed by atoms with Crippen molar-refractivity contribution in [3.05, 3.63) is 66.2 Å². The van der Waals surface area contributed by atoms with Gasteiger partial charge in [-0.3, -0.25) is 4.79 Å². The Hall–Kier alpha value is -2.59. The Balaban J connectivity index is 1.57. The highest BCUT2D eigenvalue weighted by Crippen LogP contribution is 2.18. The first kappa shape index (κ1) is 15.3. The lowest BCUT2D eigenvalue weighted by molar-refractivity contribution is -0.111. The molecular formula is C19H21N3O. The summed E-state index contributed by atoms with van der Waals surface area (Å²) in [4.78, 5) is 14.3. The molecule has 1 heterocycles. The van der Waals surface area contributed by atoms with E-state index in [4.69, 9.17) is 0 Å². The molecule has 0 spiro atoms. The molecule has 1 amide bonds. The van der Waals surface area contributed by atoms with Crippen molar-refractivity contribution in [1.82, 2.24) is 5.32 Å². The SMILES string of the molecule is O=C(/C=C/c1ccccc1)Nc1ccc(N2CCNCC2)cc1. The summed E-state index contributed by atoms with van der Waals surface area (Å²) >= 11 is 0. The third-order valence-corrected chi connectivity index (χ3v) is 3.84. The van der Waals surface area contributed by atoms with Crippen molar-refractivity contribution in [3.63, 3.8) is 0 Å². The van der Waals surface area contributed by atoms with E-state index in [-0.39, 0.29) is 5.91 Å². The van der Waals surface area contributed by atoms with Crippen molar-refractivity contribution < 1.29 is 4.79 Å². The molecule has 0 aromatic heterocycles. The minimum atomic E-state index is -0.122. The summed E-state index contributed by atoms with van der Waals surface area (Å²) in [6.07, 6.45) is 3.37. The first-order chi connectivity index (χ1) is 11.3. The molecule has 2 aromatic rings. The van der Waals surface area contributed by atoms with Crippen LogP contribution in [0.5, 0.6) is 0 Å². The Kier molecular flexibility index (Phi) is 5.06. The van der Waals surface area contributed by atoms with Gasteiger partial charge in [-0.1, -0.05) is 30.3 Å². The Bertz CT molecular complexity index is 659. The van der Waals surface area contributed by atoms with E-state index in [0.29, 0.717) is 0 Å². The second-order valence-corrected chi connectivity index (χ2v) is 5.52. The van der Waals surface area contributed by atoms with Crippen molar-refractivity contribution >= 4 is 23.4 Å². The van der Waals surface area contributed by atoms with Crippen molar-refractivity contribution in [2.24, 2.45) is 0 Å². The summed E-state index contributed by atoms with van der Waals surface area (Å²) in [5, 5.41) is 6.23. The van der Waals surface area contributed by atoms with Gasteiger partial charge in [0.1, 0.15) is 0 Å². The lowest BCUT2D eigenvalue weighted by Gasteiger charge is -2.29. The fourth-order valence-electron chi connectivity index (χ4n) is 2.60. The van der Waals surface area contributed by atoms with Gasteiger partial charge in [-0.25, -0.2) is 0 Å². The molecule has 2 N–H and O–H groups in total. The topological polar surface area (TPSA) is 44.4 Å². The van der Waals surface area contributed by atoms with E-state index < -0.39 is 0 Å². The van der Waals surface area contributed by atoms with Gasteiger partial charge in [-0.2, -0.15) is 0 Å². The van der Waals surface area contributed by atoms with E-state index in [0.717, 1.165) is 37.4 Å². The quantitative estimate of drug-likeness (QED) is 0.854. The highest BCUT2D eigenvalue weighted by atomic mass is 16.1. The molecule has 1 fully saturated rings. The molecule has 0 aliphatic carbocycles. The zero-order valence-corrected chi connectivity index (χ0v) is 13.0. The van der Waals surface area contributed by atoms with Gasteiger partial charge < -0.3 is 15.5 Å². The number of amides is 1. The van der Waals surface area contributed by atoms with Crippen LogP contribution in [-0.2, 0) is 4.79 Å². The Morgan fingerprint density at radius 3 is 2.39 bits per heavy atom. The van der Waals surface area contributed by atoms with Crippen LogP contribution in [0.1, 0.15) is 5.56 Å². The van der Waals surface area contributed by atoms with Gasteiger partial charge in [0.15, 0.2) is 0 Å². The van der Waals surface area contributed by atoms with Crippen LogP contribution in [0.2, 0.25) is 0 Å². The van der Waals surface area contributed by atoms with Crippen LogP contribution in [0.25, 0.3) is 6.08 Å². The summed E-state index contributed by atoms with van der Waals surface area (Å²) in [6, 6.07) is 17.8. The number of hydrogen-bond acceptors (Lipinski definition) is 3. The normalized spacial score (nSPS) is 14.9. The van der Waals surface area contributed by atoms with Crippen molar-refractivity contribution in [2.45, 2.75) is 0 Å². The van der Waals surface area contributed by atoms with Crippen LogP contribution in [0.3, 0.4) is 0 Å². The molecule has 0 bridgehead atoms. The van der Waals surface area contributed by atoms with Gasteiger partial charge in [0, 0.05) is 43.6 Å². The van der Waals surface area contributed by atoms with Crippen LogP contribution in [0, 0.1) is 0 Å². The number of nitrogens with one attached hydrogen (secondary N) is 2. The largest absolute Gasteiger partial charge is 0.369 e. The maximum absolute atomic E-state index is 12.0. The molecule has 1 aliphatic heterocycles. The molecule has 0 saturated carbocycles. The maximum atomic E-state index is 12.0. The van der Waals surface area contributed by atoms with Gasteiger partial charge in [0.25, 0.3) is 0 Å². The zero-order chi connectivity index (χ0) is 15.9. The number of piperazine rings is 1. The minimum absolute atomic E-state index is 0.122. The molecular weight excluding hydrogens is 286 g/mol. The third kappa shape index (κ3) is 4.44. The van der Waals surface area contributed by atoms with Gasteiger partial charge in [0.05, 0.1) is 0 Å². The number of rotatable bonds is 4. The highest BCUT2D eigenvalue weighted by Gasteiger charge is 2.10. The average Bonchev–Trinajstić information content (AvgIpc) is 2.62. The zero-order valence-electron chi connectivity index (χ0n) is 13.0. The fraction of sp³-hybridized carbons (Fsp3) is 0.211. The molecule has 118 valence electrons. The standard InChI is InChI=1S/C19H21N3O/c23-19(11-6-16-4-2-1-3-5-16)21-17-7-9-18(10-8-17)22-14-12-20-13-15-22/h1-11,20H,12-15H2,(H,21,23)/b11-6+. The van der Waals surface area contributed by atoms with Gasteiger partial charge in [-0.15, -0.1) is 0 Å². The lowest BCUT2D eigenvalue weighted by Crippen LogP contribution is -2.43. The van der Waals surface area contributed by atoms with Gasteiger partial charge in [-0.05, 0) is 35.9 Å². The minimum Gasteiger partial charge on any atom is -0.369 e. The van der Waals surface area contributed by atoms with Crippen molar-refractivity contribution in [1.29, 1.82) is 0 Å². The number of carbonyl (C=O) groups excluding carboxylic acids is 1. The molecule has 4 nitrogen and oxygen atoms in total. The second kappa shape index (κ2) is 7.61. The van der Waals surface area contributed by atoms with Crippen LogP contribution < -0.4 is 15.5 Å². The Labute approximate surface area is 136 Å². The van der Waals surface area contributed by atoms with Crippen LogP contribution in [-0.4, -0.2) is 32.1 Å². The molecule has 1 saturated heterocycles. The lowest BCUT2D eigenvalue weighted by atomic mass is 10.2. The van der Waals surface area contributed by atoms with Crippen LogP contribution in [0.15, 0.2) is 60.7 Å². The molecule has 0 atom stereocenters. The number of benzene rings is 2. The smallest absolute Gasteiger partial charge is 0.248 e. The predicted molar refractivity (Wildman–Crippen MR) is 95.6 cm³/mol. The van der Waals surface area contributed by atoms with Gasteiger partial charge >= 0.3 is 0 Å². The summed E-state index contributed by atoms with van der Waals surface area (Å²) in [6.45, 7) is 4.07. The van der Waals surface area contributed by atoms with E-state index in [1.807, 2.05) is 48.5 Å². The van der Waals surface area contributed by atoms with Crippen molar-refractivity contribution in [2.75, 3.05) is 36.4 Å². The number of anilines is 2. The first-order valence-electron chi connectivity index (χ1n) is 7.91. The van der Waals surface area contributed by atoms with Gasteiger partial charge in [0.2, 0.25) is 5.91 Å². The summed E-state index contributed by atoms with van der Waals surface area (Å²) < 4.78 is 0. The summed E-state index contributed by atoms with van der Waals surface area (Å²) in [5.74, 6) is -0.122. The van der Waals surface area contributed by atoms with Crippen LogP contribution >= 0.6 is 0 Å². The average molecular weight is 307 g/mol. The first-order valence-corrected chi connectivity index (χ1v) is 7.91. The molecule has 3 rings (SSSR count). The van der Waals surface area contributed by atoms with E-state index in [1.165, 1.54) is 5.69 Å². The summed E-state index contributed by atoms with van der Waals surface area (Å²) in [7, 11) is 0. The highest BCUT2D eigenvalue weighted by molar-refractivity contribution is 6.02. The predicted octanol–water partition coefficient (Wildman–Crippen LogP) is 2.75. The number of hydrogen-bond donors (Lipinski definition) is 2. The second-order valence-electron chi connectivity index (χ2n) is 5.52. The monoisotopic (exact) mass is 307 g/mol. The van der Waals surface area contributed by atoms with E-state index in [9.17, 15) is 4.79 Å². The summed E-state index contributed by atoms with van der Waals surface area (Å²) in [5.41, 5.74) is 3.02. The third-order valence-electron chi connectivity index (χ3n) is 3.84. The molecule has 23 heavy (non-hydrogen) atoms. The Morgan fingerprint density at radius 2 is 1.70 bits per heavy atom. The number of nitrogens with zero attached hydrogens (tertiary/aromatic N) is 1. The molecule has 2 aromatic carbocycles. The Morgan fingerprint density at radius 1 is 1.00 bits per heavy atom. The number of carbonyl (C=O) groups is 1.